The van der Waals surface area contributed by atoms with Crippen LogP contribution in [0.3, 0.4) is 0 Å². The van der Waals surface area contributed by atoms with Gasteiger partial charge in [-0.05, 0) is 23.1 Å². The Kier molecular flexibility index (Phi) is 3.07. The molecule has 1 aromatic heterocycles. The summed E-state index contributed by atoms with van der Waals surface area (Å²) in [5, 5.41) is -0.169. The normalized spacial score (nSPS) is 13.8. The highest BCUT2D eigenvalue weighted by molar-refractivity contribution is 6.21. The number of nitrogens with one attached hydrogen (secondary N) is 2. The van der Waals surface area contributed by atoms with Crippen molar-refractivity contribution in [3.8, 4) is 0 Å². The Morgan fingerprint density at radius 1 is 1.06 bits per heavy atom. The van der Waals surface area contributed by atoms with E-state index in [-0.39, 0.29) is 10.8 Å². The summed E-state index contributed by atoms with van der Waals surface area (Å²) in [6.45, 7) is 6.14. The largest absolute Gasteiger partial charge is 0.316 e. The summed E-state index contributed by atoms with van der Waals surface area (Å²) in [6.07, 6.45) is 0. The summed E-state index contributed by atoms with van der Waals surface area (Å²) in [5.41, 5.74) is 0.722. The van der Waals surface area contributed by atoms with Gasteiger partial charge in [0, 0.05) is 0 Å². The second-order valence-electron chi connectivity index (χ2n) is 5.44. The first-order chi connectivity index (χ1) is 8.29. The Morgan fingerprint density at radius 3 is 2.17 bits per heavy atom. The van der Waals surface area contributed by atoms with Crippen molar-refractivity contribution in [1.82, 2.24) is 9.97 Å². The molecule has 1 unspecified atom stereocenters. The topological polar surface area (TPSA) is 65.7 Å². The van der Waals surface area contributed by atoms with Gasteiger partial charge in [0.2, 0.25) is 0 Å². The third kappa shape index (κ3) is 2.34. The van der Waals surface area contributed by atoms with Crippen LogP contribution in [0.2, 0.25) is 0 Å². The second kappa shape index (κ2) is 4.28. The van der Waals surface area contributed by atoms with Gasteiger partial charge in [-0.15, -0.1) is 11.6 Å². The first-order valence-corrected chi connectivity index (χ1v) is 6.13. The molecule has 0 spiro atoms. The van der Waals surface area contributed by atoms with Crippen molar-refractivity contribution < 1.29 is 0 Å². The highest BCUT2D eigenvalue weighted by Gasteiger charge is 2.24. The van der Waals surface area contributed by atoms with Gasteiger partial charge >= 0.3 is 11.1 Å². The lowest BCUT2D eigenvalue weighted by atomic mass is 9.87. The van der Waals surface area contributed by atoms with Crippen LogP contribution < -0.4 is 11.1 Å². The number of H-pyrrole nitrogens is 2. The average molecular weight is 267 g/mol. The van der Waals surface area contributed by atoms with E-state index in [2.05, 4.69) is 9.97 Å². The van der Waals surface area contributed by atoms with Crippen molar-refractivity contribution in [2.45, 2.75) is 26.1 Å². The summed E-state index contributed by atoms with van der Waals surface area (Å²) in [7, 11) is 0. The van der Waals surface area contributed by atoms with E-state index in [1.165, 1.54) is 0 Å². The van der Waals surface area contributed by atoms with E-state index < -0.39 is 11.1 Å². The Balaban J connectivity index is 2.61. The van der Waals surface area contributed by atoms with Crippen molar-refractivity contribution in [2.24, 2.45) is 5.41 Å². The molecule has 4 nitrogen and oxygen atoms in total. The third-order valence-electron chi connectivity index (χ3n) is 2.80. The molecule has 1 heterocycles. The molecule has 2 N–H and O–H groups in total. The van der Waals surface area contributed by atoms with Crippen LogP contribution in [0.1, 0.15) is 31.7 Å². The number of fused-ring (bicyclic) bond motifs is 1. The summed E-state index contributed by atoms with van der Waals surface area (Å²) in [6, 6.07) is 5.41. The van der Waals surface area contributed by atoms with Gasteiger partial charge in [0.15, 0.2) is 0 Å². The SMILES string of the molecule is CC(C)(C)C(Cl)c1ccc2[nH]c(=O)c(=O)[nH]c2c1. The van der Waals surface area contributed by atoms with Crippen LogP contribution in [-0.4, -0.2) is 9.97 Å². The van der Waals surface area contributed by atoms with E-state index in [0.717, 1.165) is 5.56 Å². The molecule has 0 amide bonds. The molecule has 0 aliphatic rings. The summed E-state index contributed by atoms with van der Waals surface area (Å²) in [5.74, 6) is 0. The van der Waals surface area contributed by atoms with Gasteiger partial charge in [0.1, 0.15) is 0 Å². The highest BCUT2D eigenvalue weighted by atomic mass is 35.5. The minimum absolute atomic E-state index is 0.0856. The van der Waals surface area contributed by atoms with E-state index in [1.54, 1.807) is 12.1 Å². The fraction of sp³-hybridized carbons (Fsp3) is 0.385. The number of hydrogen-bond donors (Lipinski definition) is 2. The number of rotatable bonds is 1. The van der Waals surface area contributed by atoms with Crippen LogP contribution >= 0.6 is 11.6 Å². The van der Waals surface area contributed by atoms with E-state index in [0.29, 0.717) is 11.0 Å². The third-order valence-corrected chi connectivity index (χ3v) is 3.71. The van der Waals surface area contributed by atoms with Crippen molar-refractivity contribution >= 4 is 22.6 Å². The number of halogens is 1. The average Bonchev–Trinajstić information content (AvgIpc) is 2.28. The fourth-order valence-corrected chi connectivity index (χ4v) is 1.93. The maximum Gasteiger partial charge on any atom is 0.314 e. The van der Waals surface area contributed by atoms with Crippen LogP contribution in [0, 0.1) is 5.41 Å². The first-order valence-electron chi connectivity index (χ1n) is 5.69. The van der Waals surface area contributed by atoms with Gasteiger partial charge in [0.05, 0.1) is 16.4 Å². The van der Waals surface area contributed by atoms with Crippen LogP contribution in [-0.2, 0) is 0 Å². The summed E-state index contributed by atoms with van der Waals surface area (Å²) >= 11 is 6.39. The minimum atomic E-state index is -0.651. The van der Waals surface area contributed by atoms with Gasteiger partial charge in [-0.25, -0.2) is 0 Å². The number of aromatic nitrogens is 2. The highest BCUT2D eigenvalue weighted by Crippen LogP contribution is 2.38. The molecular weight excluding hydrogens is 252 g/mol. The maximum absolute atomic E-state index is 11.3. The lowest BCUT2D eigenvalue weighted by molar-refractivity contribution is 0.396. The molecule has 0 aliphatic heterocycles. The number of benzene rings is 1. The number of alkyl halides is 1. The standard InChI is InChI=1S/C13H15ClN2O2/c1-13(2,3)10(14)7-4-5-8-9(6-7)16-12(18)11(17)15-8/h4-6,10H,1-3H3,(H,15,17)(H,16,18). The quantitative estimate of drug-likeness (QED) is 0.615. The Labute approximate surface area is 109 Å². The molecule has 0 fully saturated rings. The number of hydrogen-bond acceptors (Lipinski definition) is 2. The van der Waals surface area contributed by atoms with Crippen LogP contribution in [0.5, 0.6) is 0 Å². The van der Waals surface area contributed by atoms with Crippen molar-refractivity contribution in [3.63, 3.8) is 0 Å². The van der Waals surface area contributed by atoms with Gasteiger partial charge in [-0.1, -0.05) is 26.8 Å². The molecule has 5 heteroatoms. The molecule has 1 aromatic carbocycles. The van der Waals surface area contributed by atoms with Gasteiger partial charge in [0.25, 0.3) is 0 Å². The molecule has 0 aliphatic carbocycles. The molecule has 2 aromatic rings. The summed E-state index contributed by atoms with van der Waals surface area (Å²) < 4.78 is 0. The van der Waals surface area contributed by atoms with Gasteiger partial charge in [-0.2, -0.15) is 0 Å². The molecule has 96 valence electrons. The van der Waals surface area contributed by atoms with Gasteiger partial charge < -0.3 is 9.97 Å². The number of aromatic amines is 2. The second-order valence-corrected chi connectivity index (χ2v) is 5.88. The zero-order valence-electron chi connectivity index (χ0n) is 10.5. The minimum Gasteiger partial charge on any atom is -0.316 e. The zero-order valence-corrected chi connectivity index (χ0v) is 11.3. The van der Waals surface area contributed by atoms with E-state index in [9.17, 15) is 9.59 Å². The van der Waals surface area contributed by atoms with Crippen LogP contribution in [0.4, 0.5) is 0 Å². The fourth-order valence-electron chi connectivity index (χ4n) is 1.79. The zero-order chi connectivity index (χ0) is 13.5. The molecule has 0 saturated heterocycles. The lowest BCUT2D eigenvalue weighted by Gasteiger charge is -2.25. The molecule has 2 rings (SSSR count). The molecule has 18 heavy (non-hydrogen) atoms. The summed E-state index contributed by atoms with van der Waals surface area (Å²) in [4.78, 5) is 27.5. The molecule has 1 atom stereocenters. The monoisotopic (exact) mass is 266 g/mol. The van der Waals surface area contributed by atoms with E-state index in [4.69, 9.17) is 11.6 Å². The maximum atomic E-state index is 11.3. The molecule has 0 saturated carbocycles. The first kappa shape index (κ1) is 12.9. The van der Waals surface area contributed by atoms with Crippen LogP contribution in [0.25, 0.3) is 11.0 Å². The van der Waals surface area contributed by atoms with Crippen molar-refractivity contribution in [1.29, 1.82) is 0 Å². The Bertz CT molecular complexity index is 694. The lowest BCUT2D eigenvalue weighted by Crippen LogP contribution is -2.29. The Hall–Kier alpha value is -1.55. The molecule has 0 radical (unpaired) electrons. The van der Waals surface area contributed by atoms with Gasteiger partial charge in [-0.3, -0.25) is 9.59 Å². The van der Waals surface area contributed by atoms with Crippen LogP contribution in [0.15, 0.2) is 27.8 Å². The van der Waals surface area contributed by atoms with E-state index >= 15 is 0 Å². The van der Waals surface area contributed by atoms with E-state index in [1.807, 2.05) is 26.8 Å². The van der Waals surface area contributed by atoms with Crippen molar-refractivity contribution in [3.05, 3.63) is 44.5 Å². The molecular formula is C13H15ClN2O2. The van der Waals surface area contributed by atoms with Crippen molar-refractivity contribution in [2.75, 3.05) is 0 Å². The predicted molar refractivity (Wildman–Crippen MR) is 73.2 cm³/mol. The predicted octanol–water partition coefficient (Wildman–Crippen LogP) is 2.54. The molecule has 0 bridgehead atoms. The smallest absolute Gasteiger partial charge is 0.314 e. The Morgan fingerprint density at radius 2 is 1.61 bits per heavy atom.